The number of rotatable bonds is 4. The van der Waals surface area contributed by atoms with Gasteiger partial charge in [0.2, 0.25) is 11.9 Å². The Balaban J connectivity index is 1.43. The first-order chi connectivity index (χ1) is 12.7. The van der Waals surface area contributed by atoms with Crippen LogP contribution in [0.3, 0.4) is 0 Å². The van der Waals surface area contributed by atoms with Crippen molar-refractivity contribution < 1.29 is 9.64 Å². The molecule has 1 aromatic carbocycles. The minimum Gasteiger partial charge on any atom is -0.372 e. The van der Waals surface area contributed by atoms with E-state index in [0.717, 1.165) is 55.5 Å². The molecule has 1 fully saturated rings. The fourth-order valence-electron chi connectivity index (χ4n) is 3.57. The molecule has 3 heterocycles. The molecule has 3 N–H and O–H groups in total. The van der Waals surface area contributed by atoms with Gasteiger partial charge in [0.05, 0.1) is 11.2 Å². The molecular weight excluding hydrogens is 328 g/mol. The van der Waals surface area contributed by atoms with Crippen molar-refractivity contribution in [1.29, 1.82) is 0 Å². The van der Waals surface area contributed by atoms with Gasteiger partial charge in [-0.25, -0.2) is 9.97 Å². The van der Waals surface area contributed by atoms with E-state index in [0.29, 0.717) is 12.1 Å². The van der Waals surface area contributed by atoms with Crippen LogP contribution in [-0.2, 0) is 11.2 Å². The first-order valence-corrected chi connectivity index (χ1v) is 9.49. The lowest BCUT2D eigenvalue weighted by Crippen LogP contribution is -3.15. The van der Waals surface area contributed by atoms with E-state index in [1.807, 2.05) is 6.92 Å². The number of quaternary nitrogens is 1. The molecule has 0 amide bonds. The molecule has 26 heavy (non-hydrogen) atoms. The van der Waals surface area contributed by atoms with Gasteiger partial charge in [-0.05, 0) is 43.9 Å². The second kappa shape index (κ2) is 7.55. The Morgan fingerprint density at radius 1 is 1.35 bits per heavy atom. The molecule has 2 aliphatic rings. The zero-order valence-electron chi connectivity index (χ0n) is 15.5. The van der Waals surface area contributed by atoms with Crippen LogP contribution in [0.2, 0.25) is 0 Å². The molecule has 2 atom stereocenters. The van der Waals surface area contributed by atoms with Crippen LogP contribution in [0.15, 0.2) is 23.2 Å². The maximum absolute atomic E-state index is 5.72. The monoisotopic (exact) mass is 355 g/mol. The summed E-state index contributed by atoms with van der Waals surface area (Å²) in [5, 5.41) is 7.68. The van der Waals surface area contributed by atoms with Gasteiger partial charge in [-0.3, -0.25) is 10.2 Å². The number of anilines is 1. The minimum atomic E-state index is 0.385. The van der Waals surface area contributed by atoms with Crippen LogP contribution in [-0.4, -0.2) is 48.5 Å². The van der Waals surface area contributed by atoms with Gasteiger partial charge in [0, 0.05) is 12.0 Å². The number of hydrogen-bond acceptors (Lipinski definition) is 6. The maximum atomic E-state index is 5.72. The predicted octanol–water partition coefficient (Wildman–Crippen LogP) is 0.851. The van der Waals surface area contributed by atoms with E-state index in [-0.39, 0.29) is 0 Å². The Kier molecular flexibility index (Phi) is 4.99. The van der Waals surface area contributed by atoms with E-state index in [4.69, 9.17) is 4.74 Å². The van der Waals surface area contributed by atoms with Gasteiger partial charge in [0.25, 0.3) is 0 Å². The topological polar surface area (TPSA) is 75.9 Å². The van der Waals surface area contributed by atoms with Gasteiger partial charge in [-0.15, -0.1) is 0 Å². The van der Waals surface area contributed by atoms with Gasteiger partial charge in [-0.1, -0.05) is 13.0 Å². The number of ether oxygens (including phenoxy) is 1. The van der Waals surface area contributed by atoms with Gasteiger partial charge < -0.3 is 10.1 Å². The molecule has 0 spiro atoms. The Morgan fingerprint density at radius 2 is 2.27 bits per heavy atom. The molecule has 4 rings (SSSR count). The second-order valence-electron chi connectivity index (χ2n) is 7.07. The smallest absolute Gasteiger partial charge is 0.230 e. The average Bonchev–Trinajstić information content (AvgIpc) is 3.16. The molecule has 0 aliphatic carbocycles. The van der Waals surface area contributed by atoms with E-state index in [1.54, 1.807) is 0 Å². The molecule has 2 aromatic rings. The van der Waals surface area contributed by atoms with E-state index in [1.165, 1.54) is 23.3 Å². The van der Waals surface area contributed by atoms with Crippen LogP contribution >= 0.6 is 0 Å². The summed E-state index contributed by atoms with van der Waals surface area (Å²) >= 11 is 0. The summed E-state index contributed by atoms with van der Waals surface area (Å²) < 4.78 is 5.72. The van der Waals surface area contributed by atoms with Crippen molar-refractivity contribution in [3.05, 3.63) is 29.5 Å². The average molecular weight is 355 g/mol. The highest BCUT2D eigenvalue weighted by Crippen LogP contribution is 2.19. The van der Waals surface area contributed by atoms with Gasteiger partial charge in [0.1, 0.15) is 12.6 Å². The van der Waals surface area contributed by atoms with Crippen molar-refractivity contribution in [1.82, 2.24) is 15.3 Å². The molecule has 1 aromatic heterocycles. The van der Waals surface area contributed by atoms with Gasteiger partial charge >= 0.3 is 0 Å². The summed E-state index contributed by atoms with van der Waals surface area (Å²) in [5.74, 6) is 1.33. The second-order valence-corrected chi connectivity index (χ2v) is 7.07. The SMILES string of the molecule is CCc1ccc2nc(NC3=NC[NH+](C[C@H]4CCCO4)CN3)nc(C)c2c1. The molecule has 7 nitrogen and oxygen atoms in total. The van der Waals surface area contributed by atoms with Crippen LogP contribution in [0.1, 0.15) is 31.0 Å². The maximum Gasteiger partial charge on any atom is 0.230 e. The minimum absolute atomic E-state index is 0.385. The first-order valence-electron chi connectivity index (χ1n) is 9.49. The number of aliphatic imine (C=N–C) groups is 1. The fraction of sp³-hybridized carbons (Fsp3) is 0.526. The molecule has 2 aliphatic heterocycles. The Bertz CT molecular complexity index is 815. The number of hydrogen-bond donors (Lipinski definition) is 3. The number of nitrogens with zero attached hydrogens (tertiary/aromatic N) is 3. The number of fused-ring (bicyclic) bond motifs is 1. The van der Waals surface area contributed by atoms with Crippen molar-refractivity contribution in [3.63, 3.8) is 0 Å². The molecule has 0 bridgehead atoms. The molecule has 0 radical (unpaired) electrons. The lowest BCUT2D eigenvalue weighted by molar-refractivity contribution is -0.905. The summed E-state index contributed by atoms with van der Waals surface area (Å²) in [4.78, 5) is 15.2. The molecule has 138 valence electrons. The van der Waals surface area contributed by atoms with Crippen molar-refractivity contribution >= 4 is 22.8 Å². The summed E-state index contributed by atoms with van der Waals surface area (Å²) in [6, 6.07) is 6.37. The van der Waals surface area contributed by atoms with Crippen LogP contribution in [0.5, 0.6) is 0 Å². The van der Waals surface area contributed by atoms with Crippen LogP contribution < -0.4 is 15.5 Å². The number of nitrogens with one attached hydrogen (secondary N) is 3. The molecule has 1 unspecified atom stereocenters. The number of aryl methyl sites for hydroxylation is 2. The van der Waals surface area contributed by atoms with Crippen LogP contribution in [0.25, 0.3) is 10.9 Å². The third-order valence-corrected chi connectivity index (χ3v) is 5.10. The van der Waals surface area contributed by atoms with Crippen LogP contribution in [0.4, 0.5) is 5.95 Å². The third kappa shape index (κ3) is 3.78. The first kappa shape index (κ1) is 17.2. The number of benzene rings is 1. The normalized spacial score (nSPS) is 22.9. The quantitative estimate of drug-likeness (QED) is 0.758. The van der Waals surface area contributed by atoms with E-state index in [9.17, 15) is 0 Å². The predicted molar refractivity (Wildman–Crippen MR) is 102 cm³/mol. The molecule has 1 saturated heterocycles. The van der Waals surface area contributed by atoms with Crippen LogP contribution in [0, 0.1) is 6.92 Å². The van der Waals surface area contributed by atoms with Crippen molar-refractivity contribution in [3.8, 4) is 0 Å². The highest BCUT2D eigenvalue weighted by Gasteiger charge is 2.24. The Hall–Kier alpha value is -2.25. The zero-order chi connectivity index (χ0) is 17.9. The summed E-state index contributed by atoms with van der Waals surface area (Å²) in [6.45, 7) is 7.66. The molecule has 7 heteroatoms. The van der Waals surface area contributed by atoms with Crippen molar-refractivity contribution in [2.45, 2.75) is 39.2 Å². The summed E-state index contributed by atoms with van der Waals surface area (Å²) in [5.41, 5.74) is 3.24. The molecular formula is C19H27N6O+. The lowest BCUT2D eigenvalue weighted by Gasteiger charge is -2.25. The number of guanidine groups is 1. The van der Waals surface area contributed by atoms with Gasteiger partial charge in [-0.2, -0.15) is 4.99 Å². The highest BCUT2D eigenvalue weighted by molar-refractivity contribution is 5.93. The largest absolute Gasteiger partial charge is 0.372 e. The Morgan fingerprint density at radius 3 is 3.00 bits per heavy atom. The summed E-state index contributed by atoms with van der Waals surface area (Å²) in [6.07, 6.45) is 3.75. The van der Waals surface area contributed by atoms with Gasteiger partial charge in [0.15, 0.2) is 13.3 Å². The Labute approximate surface area is 153 Å². The third-order valence-electron chi connectivity index (χ3n) is 5.10. The van der Waals surface area contributed by atoms with E-state index in [2.05, 4.69) is 50.7 Å². The fourth-order valence-corrected chi connectivity index (χ4v) is 3.57. The standard InChI is InChI=1S/C19H26N6O/c1-3-14-6-7-17-16(9-14)13(2)22-19(23-17)24-18-20-11-25(12-21-18)10-15-5-4-8-26-15/h6-7,9,15H,3-5,8,10-12H2,1-2H3,(H2,20,21,22,23,24)/p+1/t15-/m1/s1. The van der Waals surface area contributed by atoms with E-state index >= 15 is 0 Å². The highest BCUT2D eigenvalue weighted by atomic mass is 16.5. The van der Waals surface area contributed by atoms with Crippen molar-refractivity contribution in [2.75, 3.05) is 31.8 Å². The summed E-state index contributed by atoms with van der Waals surface area (Å²) in [7, 11) is 0. The molecule has 0 saturated carbocycles. The lowest BCUT2D eigenvalue weighted by atomic mass is 10.1. The number of aromatic nitrogens is 2. The zero-order valence-corrected chi connectivity index (χ0v) is 15.5. The van der Waals surface area contributed by atoms with Crippen molar-refractivity contribution in [2.24, 2.45) is 4.99 Å². The van der Waals surface area contributed by atoms with E-state index < -0.39 is 0 Å².